The van der Waals surface area contributed by atoms with Gasteiger partial charge >= 0.3 is 0 Å². The third-order valence-electron chi connectivity index (χ3n) is 4.25. The minimum Gasteiger partial charge on any atom is -0.390 e. The normalized spacial score (nSPS) is 37.2. The van der Waals surface area contributed by atoms with Gasteiger partial charge in [0.15, 0.2) is 0 Å². The second kappa shape index (κ2) is 3.46. The molecule has 0 unspecified atom stereocenters. The largest absolute Gasteiger partial charge is 0.390 e. The molecule has 84 valence electrons. The van der Waals surface area contributed by atoms with Gasteiger partial charge in [0.25, 0.3) is 0 Å². The Morgan fingerprint density at radius 1 is 1.25 bits per heavy atom. The molecule has 16 heavy (non-hydrogen) atoms. The number of allylic oxidation sites excluding steroid dienone is 1. The molecule has 3 rings (SSSR count). The van der Waals surface area contributed by atoms with Gasteiger partial charge < -0.3 is 5.11 Å². The Kier molecular flexibility index (Phi) is 2.18. The fourth-order valence-electron chi connectivity index (χ4n) is 3.31. The van der Waals surface area contributed by atoms with Crippen molar-refractivity contribution in [2.24, 2.45) is 11.8 Å². The van der Waals surface area contributed by atoms with E-state index in [1.165, 1.54) is 17.6 Å². The van der Waals surface area contributed by atoms with Gasteiger partial charge in [0.05, 0.1) is 5.60 Å². The first-order valence-electron chi connectivity index (χ1n) is 6.15. The van der Waals surface area contributed by atoms with Crippen molar-refractivity contribution in [3.63, 3.8) is 0 Å². The van der Waals surface area contributed by atoms with Crippen LogP contribution in [-0.4, -0.2) is 10.7 Å². The summed E-state index contributed by atoms with van der Waals surface area (Å²) >= 11 is 0. The van der Waals surface area contributed by atoms with Crippen LogP contribution in [0.15, 0.2) is 36.4 Å². The summed E-state index contributed by atoms with van der Waals surface area (Å²) in [6, 6.07) is 10.6. The van der Waals surface area contributed by atoms with Crippen molar-refractivity contribution >= 4 is 5.57 Å². The zero-order valence-electron chi connectivity index (χ0n) is 9.69. The molecule has 1 N–H and O–H groups in total. The van der Waals surface area contributed by atoms with E-state index in [9.17, 15) is 5.11 Å². The topological polar surface area (TPSA) is 20.2 Å². The van der Waals surface area contributed by atoms with Crippen molar-refractivity contribution in [3.8, 4) is 0 Å². The highest BCUT2D eigenvalue weighted by Crippen LogP contribution is 2.50. The van der Waals surface area contributed by atoms with Crippen molar-refractivity contribution in [3.05, 3.63) is 42.0 Å². The van der Waals surface area contributed by atoms with Crippen LogP contribution < -0.4 is 0 Å². The van der Waals surface area contributed by atoms with Crippen LogP contribution in [0, 0.1) is 11.8 Å². The highest BCUT2D eigenvalue weighted by Gasteiger charge is 2.45. The minimum absolute atomic E-state index is 0.378. The lowest BCUT2D eigenvalue weighted by molar-refractivity contribution is 0.0333. The van der Waals surface area contributed by atoms with Crippen LogP contribution in [0.4, 0.5) is 0 Å². The molecule has 0 aliphatic heterocycles. The third-order valence-corrected chi connectivity index (χ3v) is 4.25. The molecular weight excluding hydrogens is 196 g/mol. The Balaban J connectivity index is 1.91. The molecule has 0 amide bonds. The van der Waals surface area contributed by atoms with Crippen LogP contribution in [0.25, 0.3) is 5.57 Å². The van der Waals surface area contributed by atoms with E-state index in [0.717, 1.165) is 12.8 Å². The smallest absolute Gasteiger partial charge is 0.0685 e. The van der Waals surface area contributed by atoms with Gasteiger partial charge in [-0.15, -0.1) is 0 Å². The lowest BCUT2D eigenvalue weighted by atomic mass is 9.90. The molecule has 0 saturated heterocycles. The summed E-state index contributed by atoms with van der Waals surface area (Å²) < 4.78 is 0. The molecule has 1 nitrogen and oxygen atoms in total. The summed E-state index contributed by atoms with van der Waals surface area (Å²) in [4.78, 5) is 0. The van der Waals surface area contributed by atoms with E-state index in [-0.39, 0.29) is 0 Å². The summed E-state index contributed by atoms with van der Waals surface area (Å²) in [7, 11) is 0. The molecule has 3 atom stereocenters. The Labute approximate surface area is 96.8 Å². The van der Waals surface area contributed by atoms with Gasteiger partial charge in [-0.2, -0.15) is 0 Å². The number of hydrogen-bond acceptors (Lipinski definition) is 1. The van der Waals surface area contributed by atoms with Gasteiger partial charge in [0.2, 0.25) is 0 Å². The number of benzene rings is 1. The van der Waals surface area contributed by atoms with E-state index in [0.29, 0.717) is 11.8 Å². The molecule has 0 bridgehead atoms. The lowest BCUT2D eigenvalue weighted by Crippen LogP contribution is -2.28. The van der Waals surface area contributed by atoms with Crippen molar-refractivity contribution in [2.45, 2.75) is 31.8 Å². The van der Waals surface area contributed by atoms with E-state index < -0.39 is 5.60 Å². The summed E-state index contributed by atoms with van der Waals surface area (Å²) in [5, 5.41) is 10.3. The molecule has 0 heterocycles. The van der Waals surface area contributed by atoms with Gasteiger partial charge in [-0.25, -0.2) is 0 Å². The molecule has 1 aromatic carbocycles. The molecule has 0 aromatic heterocycles. The van der Waals surface area contributed by atoms with Crippen LogP contribution in [0.3, 0.4) is 0 Å². The number of fused-ring (bicyclic) bond motifs is 1. The first-order chi connectivity index (χ1) is 7.67. The molecule has 1 heteroatoms. The molecule has 0 radical (unpaired) electrons. The molecule has 0 spiro atoms. The lowest BCUT2D eigenvalue weighted by Gasteiger charge is -2.22. The van der Waals surface area contributed by atoms with E-state index in [1.54, 1.807) is 0 Å². The van der Waals surface area contributed by atoms with E-state index in [4.69, 9.17) is 0 Å². The number of hydrogen-bond donors (Lipinski definition) is 1. The number of rotatable bonds is 1. The van der Waals surface area contributed by atoms with Gasteiger partial charge in [-0.3, -0.25) is 0 Å². The molecule has 1 fully saturated rings. The highest BCUT2D eigenvalue weighted by molar-refractivity contribution is 5.68. The first kappa shape index (κ1) is 10.1. The van der Waals surface area contributed by atoms with Crippen molar-refractivity contribution in [1.29, 1.82) is 0 Å². The number of aliphatic hydroxyl groups is 1. The maximum Gasteiger partial charge on any atom is 0.0685 e. The molecule has 2 aliphatic rings. The van der Waals surface area contributed by atoms with Crippen LogP contribution >= 0.6 is 0 Å². The first-order valence-corrected chi connectivity index (χ1v) is 6.15. The third kappa shape index (κ3) is 1.51. The fraction of sp³-hybridized carbons (Fsp3) is 0.467. The van der Waals surface area contributed by atoms with Gasteiger partial charge in [-0.05, 0) is 43.2 Å². The quantitative estimate of drug-likeness (QED) is 0.760. The van der Waals surface area contributed by atoms with Crippen molar-refractivity contribution in [2.75, 3.05) is 0 Å². The van der Waals surface area contributed by atoms with Crippen LogP contribution in [0.1, 0.15) is 31.7 Å². The van der Waals surface area contributed by atoms with E-state index in [2.05, 4.69) is 36.4 Å². The average Bonchev–Trinajstić information content (AvgIpc) is 2.82. The molecule has 1 aromatic rings. The van der Waals surface area contributed by atoms with E-state index in [1.807, 2.05) is 6.92 Å². The SMILES string of the molecule is C[C@@]1(O)CC[C@H]2CC(c3ccccc3)=C[C@H]21. The van der Waals surface area contributed by atoms with Crippen molar-refractivity contribution in [1.82, 2.24) is 0 Å². The maximum atomic E-state index is 10.3. The standard InChI is InChI=1S/C15H18O/c1-15(16)8-7-12-9-13(10-14(12)15)11-5-3-2-4-6-11/h2-6,10,12,14,16H,7-9H2,1H3/t12-,14+,15+/m0/s1. The van der Waals surface area contributed by atoms with Crippen LogP contribution in [-0.2, 0) is 0 Å². The summed E-state index contributed by atoms with van der Waals surface area (Å²) in [5.74, 6) is 1.05. The summed E-state index contributed by atoms with van der Waals surface area (Å²) in [5.41, 5.74) is 2.28. The Morgan fingerprint density at radius 2 is 2.00 bits per heavy atom. The zero-order chi connectivity index (χ0) is 11.2. The average molecular weight is 214 g/mol. The minimum atomic E-state index is -0.471. The van der Waals surface area contributed by atoms with Crippen molar-refractivity contribution < 1.29 is 5.11 Å². The van der Waals surface area contributed by atoms with Crippen LogP contribution in [0.2, 0.25) is 0 Å². The molecule has 2 aliphatic carbocycles. The second-order valence-electron chi connectivity index (χ2n) is 5.44. The Morgan fingerprint density at radius 3 is 2.69 bits per heavy atom. The Bertz CT molecular complexity index is 416. The van der Waals surface area contributed by atoms with Gasteiger partial charge in [0, 0.05) is 5.92 Å². The zero-order valence-corrected chi connectivity index (χ0v) is 9.69. The van der Waals surface area contributed by atoms with Gasteiger partial charge in [0.1, 0.15) is 0 Å². The predicted octanol–water partition coefficient (Wildman–Crippen LogP) is 3.25. The molecule has 1 saturated carbocycles. The Hall–Kier alpha value is -1.08. The highest BCUT2D eigenvalue weighted by atomic mass is 16.3. The monoisotopic (exact) mass is 214 g/mol. The predicted molar refractivity (Wildman–Crippen MR) is 65.9 cm³/mol. The van der Waals surface area contributed by atoms with Crippen LogP contribution in [0.5, 0.6) is 0 Å². The fourth-order valence-corrected chi connectivity index (χ4v) is 3.31. The second-order valence-corrected chi connectivity index (χ2v) is 5.44. The van der Waals surface area contributed by atoms with E-state index >= 15 is 0 Å². The molecular formula is C15H18O. The van der Waals surface area contributed by atoms with Gasteiger partial charge in [-0.1, -0.05) is 36.4 Å². The summed E-state index contributed by atoms with van der Waals surface area (Å²) in [6.45, 7) is 1.99. The summed E-state index contributed by atoms with van der Waals surface area (Å²) in [6.07, 6.45) is 5.59. The maximum absolute atomic E-state index is 10.3.